The largest absolute Gasteiger partial charge is 0.462 e. The number of unbranched alkanes of at least 4 members (excludes halogenated alkanes) is 2. The molecule has 0 bridgehead atoms. The minimum atomic E-state index is -0.0307. The topological polar surface area (TPSA) is 54.6 Å². The van der Waals surface area contributed by atoms with Crippen LogP contribution in [0.25, 0.3) is 0 Å². The quantitative estimate of drug-likeness (QED) is 0.630. The molecule has 0 saturated heterocycles. The zero-order valence-corrected chi connectivity index (χ0v) is 9.87. The first kappa shape index (κ1) is 13.2. The zero-order chi connectivity index (χ0) is 11.6. The highest BCUT2D eigenvalue weighted by Gasteiger charge is 1.99. The summed E-state index contributed by atoms with van der Waals surface area (Å²) in [5.74, 6) is 1.50. The summed E-state index contributed by atoms with van der Waals surface area (Å²) in [5.41, 5.74) is 0. The SMILES string of the molecule is COCCCCCNCc1ccc(CO)o1. The Bertz CT molecular complexity index is 273. The van der Waals surface area contributed by atoms with Gasteiger partial charge in [0, 0.05) is 13.7 Å². The van der Waals surface area contributed by atoms with E-state index in [4.69, 9.17) is 14.3 Å². The Morgan fingerprint density at radius 2 is 2.06 bits per heavy atom. The van der Waals surface area contributed by atoms with Crippen molar-refractivity contribution in [2.24, 2.45) is 0 Å². The molecular formula is C12H21NO3. The molecule has 1 rings (SSSR count). The highest BCUT2D eigenvalue weighted by Crippen LogP contribution is 2.07. The molecule has 0 spiro atoms. The Labute approximate surface area is 96.6 Å². The molecule has 0 fully saturated rings. The molecule has 0 amide bonds. The summed E-state index contributed by atoms with van der Waals surface area (Å²) in [6.45, 7) is 2.53. The first-order valence-corrected chi connectivity index (χ1v) is 5.75. The van der Waals surface area contributed by atoms with Crippen LogP contribution in [0.5, 0.6) is 0 Å². The maximum Gasteiger partial charge on any atom is 0.129 e. The summed E-state index contributed by atoms with van der Waals surface area (Å²) in [6.07, 6.45) is 3.45. The average molecular weight is 227 g/mol. The minimum absolute atomic E-state index is 0.0307. The van der Waals surface area contributed by atoms with E-state index >= 15 is 0 Å². The molecule has 16 heavy (non-hydrogen) atoms. The molecule has 1 heterocycles. The van der Waals surface area contributed by atoms with Crippen molar-refractivity contribution in [2.45, 2.75) is 32.4 Å². The molecule has 0 aromatic carbocycles. The van der Waals surface area contributed by atoms with Gasteiger partial charge in [-0.3, -0.25) is 0 Å². The highest BCUT2D eigenvalue weighted by atomic mass is 16.5. The molecule has 0 saturated carbocycles. The minimum Gasteiger partial charge on any atom is -0.462 e. The van der Waals surface area contributed by atoms with Gasteiger partial charge in [0.2, 0.25) is 0 Å². The molecule has 4 nitrogen and oxygen atoms in total. The number of hydrogen-bond donors (Lipinski definition) is 2. The standard InChI is InChI=1S/C12H21NO3/c1-15-8-4-2-3-7-13-9-11-5-6-12(10-14)16-11/h5-6,13-14H,2-4,7-10H2,1H3. The Balaban J connectivity index is 1.98. The molecule has 0 atom stereocenters. The third-order valence-corrected chi connectivity index (χ3v) is 2.37. The van der Waals surface area contributed by atoms with Crippen LogP contribution in [0, 0.1) is 0 Å². The fourth-order valence-electron chi connectivity index (χ4n) is 1.49. The van der Waals surface area contributed by atoms with Crippen LogP contribution in [-0.2, 0) is 17.9 Å². The zero-order valence-electron chi connectivity index (χ0n) is 9.87. The molecule has 2 N–H and O–H groups in total. The summed E-state index contributed by atoms with van der Waals surface area (Å²) in [7, 11) is 1.73. The van der Waals surface area contributed by atoms with Gasteiger partial charge in [-0.05, 0) is 37.9 Å². The number of rotatable bonds is 9. The van der Waals surface area contributed by atoms with E-state index in [1.807, 2.05) is 6.07 Å². The molecule has 0 aliphatic heterocycles. The number of ether oxygens (including phenoxy) is 1. The maximum atomic E-state index is 8.82. The van der Waals surface area contributed by atoms with Gasteiger partial charge in [-0.25, -0.2) is 0 Å². The number of hydrogen-bond acceptors (Lipinski definition) is 4. The number of furan rings is 1. The predicted molar refractivity (Wildman–Crippen MR) is 62.1 cm³/mol. The Morgan fingerprint density at radius 1 is 1.25 bits per heavy atom. The first-order valence-electron chi connectivity index (χ1n) is 5.75. The second-order valence-electron chi connectivity index (χ2n) is 3.76. The summed E-state index contributed by atoms with van der Waals surface area (Å²) in [4.78, 5) is 0. The number of nitrogens with one attached hydrogen (secondary N) is 1. The van der Waals surface area contributed by atoms with Gasteiger partial charge in [0.05, 0.1) is 6.54 Å². The summed E-state index contributed by atoms with van der Waals surface area (Å²) in [6, 6.07) is 3.69. The van der Waals surface area contributed by atoms with Gasteiger partial charge in [0.15, 0.2) is 0 Å². The van der Waals surface area contributed by atoms with Crippen molar-refractivity contribution in [3.05, 3.63) is 23.7 Å². The molecule has 1 aromatic heterocycles. The lowest BCUT2D eigenvalue weighted by Crippen LogP contribution is -2.14. The van der Waals surface area contributed by atoms with E-state index in [9.17, 15) is 0 Å². The molecule has 0 radical (unpaired) electrons. The van der Waals surface area contributed by atoms with Crippen LogP contribution >= 0.6 is 0 Å². The number of aliphatic hydroxyl groups excluding tert-OH is 1. The van der Waals surface area contributed by atoms with Gasteiger partial charge in [-0.15, -0.1) is 0 Å². The van der Waals surface area contributed by atoms with Crippen molar-refractivity contribution in [1.29, 1.82) is 0 Å². The van der Waals surface area contributed by atoms with Crippen LogP contribution in [0.2, 0.25) is 0 Å². The Kier molecular flexibility index (Phi) is 6.88. The van der Waals surface area contributed by atoms with Crippen LogP contribution in [0.3, 0.4) is 0 Å². The third-order valence-electron chi connectivity index (χ3n) is 2.37. The van der Waals surface area contributed by atoms with Crippen molar-refractivity contribution >= 4 is 0 Å². The van der Waals surface area contributed by atoms with Crippen molar-refractivity contribution < 1.29 is 14.3 Å². The van der Waals surface area contributed by atoms with E-state index in [1.54, 1.807) is 13.2 Å². The molecule has 0 aliphatic rings. The van der Waals surface area contributed by atoms with Gasteiger partial charge in [-0.2, -0.15) is 0 Å². The molecule has 0 unspecified atom stereocenters. The Hall–Kier alpha value is -0.840. The summed E-state index contributed by atoms with van der Waals surface area (Å²) >= 11 is 0. The van der Waals surface area contributed by atoms with Gasteiger partial charge in [0.25, 0.3) is 0 Å². The average Bonchev–Trinajstić information content (AvgIpc) is 2.76. The van der Waals surface area contributed by atoms with Crippen LogP contribution in [0.15, 0.2) is 16.5 Å². The van der Waals surface area contributed by atoms with Crippen molar-refractivity contribution in [2.75, 3.05) is 20.3 Å². The van der Waals surface area contributed by atoms with Gasteiger partial charge < -0.3 is 19.6 Å². The van der Waals surface area contributed by atoms with E-state index < -0.39 is 0 Å². The number of aliphatic hydroxyl groups is 1. The molecular weight excluding hydrogens is 206 g/mol. The molecule has 0 aliphatic carbocycles. The molecule has 92 valence electrons. The number of methoxy groups -OCH3 is 1. The van der Waals surface area contributed by atoms with Crippen LogP contribution in [0.4, 0.5) is 0 Å². The fraction of sp³-hybridized carbons (Fsp3) is 0.667. The predicted octanol–water partition coefficient (Wildman–Crippen LogP) is 1.68. The lowest BCUT2D eigenvalue weighted by Gasteiger charge is -2.02. The maximum absolute atomic E-state index is 8.82. The second-order valence-corrected chi connectivity index (χ2v) is 3.76. The van der Waals surface area contributed by atoms with E-state index in [1.165, 1.54) is 6.42 Å². The van der Waals surface area contributed by atoms with Crippen molar-refractivity contribution in [1.82, 2.24) is 5.32 Å². The summed E-state index contributed by atoms with van der Waals surface area (Å²) < 4.78 is 10.3. The van der Waals surface area contributed by atoms with Gasteiger partial charge in [0.1, 0.15) is 18.1 Å². The monoisotopic (exact) mass is 227 g/mol. The molecule has 1 aromatic rings. The smallest absolute Gasteiger partial charge is 0.129 e. The third kappa shape index (κ3) is 5.30. The first-order chi connectivity index (χ1) is 7.86. The normalized spacial score (nSPS) is 10.9. The van der Waals surface area contributed by atoms with E-state index in [-0.39, 0.29) is 6.61 Å². The Morgan fingerprint density at radius 3 is 2.75 bits per heavy atom. The lowest BCUT2D eigenvalue weighted by molar-refractivity contribution is 0.192. The van der Waals surface area contributed by atoms with E-state index in [0.29, 0.717) is 5.76 Å². The second kappa shape index (κ2) is 8.33. The van der Waals surface area contributed by atoms with Gasteiger partial charge in [-0.1, -0.05) is 0 Å². The van der Waals surface area contributed by atoms with Crippen LogP contribution < -0.4 is 5.32 Å². The highest BCUT2D eigenvalue weighted by molar-refractivity contribution is 5.05. The van der Waals surface area contributed by atoms with E-state index in [0.717, 1.165) is 38.3 Å². The van der Waals surface area contributed by atoms with Crippen LogP contribution in [-0.4, -0.2) is 25.4 Å². The van der Waals surface area contributed by atoms with Crippen molar-refractivity contribution in [3.63, 3.8) is 0 Å². The molecule has 4 heteroatoms. The van der Waals surface area contributed by atoms with Crippen molar-refractivity contribution in [3.8, 4) is 0 Å². The lowest BCUT2D eigenvalue weighted by atomic mass is 10.2. The summed E-state index contributed by atoms with van der Waals surface area (Å²) in [5, 5.41) is 12.1. The van der Waals surface area contributed by atoms with Gasteiger partial charge >= 0.3 is 0 Å². The van der Waals surface area contributed by atoms with E-state index in [2.05, 4.69) is 5.32 Å². The van der Waals surface area contributed by atoms with Crippen LogP contribution in [0.1, 0.15) is 30.8 Å². The fourth-order valence-corrected chi connectivity index (χ4v) is 1.49.